The molecule has 0 atom stereocenters. The van der Waals surface area contributed by atoms with Gasteiger partial charge in [-0.15, -0.1) is 0 Å². The lowest BCUT2D eigenvalue weighted by Gasteiger charge is -2.07. The van der Waals surface area contributed by atoms with Crippen LogP contribution in [0.1, 0.15) is 10.4 Å². The molecule has 2 aromatic rings. The highest BCUT2D eigenvalue weighted by molar-refractivity contribution is 9.10. The molecule has 86 valence electrons. The number of hydrogen-bond donors (Lipinski definition) is 0. The first-order valence-corrected chi connectivity index (χ1v) is 5.53. The first-order valence-electron chi connectivity index (χ1n) is 4.74. The van der Waals surface area contributed by atoms with Gasteiger partial charge in [0, 0.05) is 10.7 Å². The summed E-state index contributed by atoms with van der Waals surface area (Å²) in [4.78, 5) is 14.6. The van der Waals surface area contributed by atoms with Crippen LogP contribution in [0.2, 0.25) is 0 Å². The van der Waals surface area contributed by atoms with E-state index in [1.54, 1.807) is 18.2 Å². The van der Waals surface area contributed by atoms with Crippen molar-refractivity contribution in [2.75, 3.05) is 0 Å². The lowest BCUT2D eigenvalue weighted by atomic mass is 10.3. The van der Waals surface area contributed by atoms with Crippen LogP contribution >= 0.6 is 15.9 Å². The standard InChI is InChI=1S/C12H7BrFNO2/c13-9-3-4-10(14)11(6-9)17-12-8(7-16)2-1-5-15-12/h1-7H. The zero-order valence-corrected chi connectivity index (χ0v) is 10.1. The van der Waals surface area contributed by atoms with Crippen molar-refractivity contribution in [2.45, 2.75) is 0 Å². The number of hydrogen-bond acceptors (Lipinski definition) is 3. The monoisotopic (exact) mass is 295 g/mol. The average Bonchev–Trinajstić information content (AvgIpc) is 2.34. The van der Waals surface area contributed by atoms with Gasteiger partial charge in [0.2, 0.25) is 5.88 Å². The highest BCUT2D eigenvalue weighted by Crippen LogP contribution is 2.27. The molecule has 0 amide bonds. The molecule has 0 aliphatic carbocycles. The SMILES string of the molecule is O=Cc1cccnc1Oc1cc(Br)ccc1F. The van der Waals surface area contributed by atoms with E-state index in [4.69, 9.17) is 4.74 Å². The van der Waals surface area contributed by atoms with Crippen LogP contribution in [0.15, 0.2) is 41.0 Å². The van der Waals surface area contributed by atoms with Gasteiger partial charge >= 0.3 is 0 Å². The highest BCUT2D eigenvalue weighted by Gasteiger charge is 2.09. The van der Waals surface area contributed by atoms with E-state index in [0.717, 1.165) is 0 Å². The zero-order valence-electron chi connectivity index (χ0n) is 8.56. The smallest absolute Gasteiger partial charge is 0.229 e. The number of nitrogens with zero attached hydrogens (tertiary/aromatic N) is 1. The number of aldehydes is 1. The fourth-order valence-electron chi connectivity index (χ4n) is 1.24. The summed E-state index contributed by atoms with van der Waals surface area (Å²) in [5.41, 5.74) is 0.270. The van der Waals surface area contributed by atoms with Gasteiger partial charge in [-0.1, -0.05) is 15.9 Å². The van der Waals surface area contributed by atoms with E-state index in [1.807, 2.05) is 0 Å². The van der Waals surface area contributed by atoms with Gasteiger partial charge in [0.1, 0.15) is 0 Å². The van der Waals surface area contributed by atoms with E-state index in [9.17, 15) is 9.18 Å². The number of carbonyl (C=O) groups excluding carboxylic acids is 1. The Balaban J connectivity index is 2.37. The maximum absolute atomic E-state index is 13.4. The van der Waals surface area contributed by atoms with Crippen LogP contribution in [0, 0.1) is 5.82 Å². The van der Waals surface area contributed by atoms with Crippen molar-refractivity contribution in [1.29, 1.82) is 0 Å². The Morgan fingerprint density at radius 2 is 2.18 bits per heavy atom. The van der Waals surface area contributed by atoms with Crippen molar-refractivity contribution in [3.63, 3.8) is 0 Å². The third-order valence-electron chi connectivity index (χ3n) is 2.03. The summed E-state index contributed by atoms with van der Waals surface area (Å²) in [6.45, 7) is 0. The molecule has 0 saturated carbocycles. The summed E-state index contributed by atoms with van der Waals surface area (Å²) in [7, 11) is 0. The minimum absolute atomic E-state index is 0.0150. The van der Waals surface area contributed by atoms with E-state index < -0.39 is 5.82 Å². The Bertz CT molecular complexity index is 560. The molecule has 2 rings (SSSR count). The molecular weight excluding hydrogens is 289 g/mol. The molecule has 0 aliphatic rings. The summed E-state index contributed by atoms with van der Waals surface area (Å²) in [6, 6.07) is 7.45. The third-order valence-corrected chi connectivity index (χ3v) is 2.52. The Labute approximate surface area is 105 Å². The van der Waals surface area contributed by atoms with Gasteiger partial charge in [0.05, 0.1) is 5.56 Å². The predicted molar refractivity (Wildman–Crippen MR) is 63.8 cm³/mol. The average molecular weight is 296 g/mol. The molecule has 0 aliphatic heterocycles. The maximum Gasteiger partial charge on any atom is 0.229 e. The van der Waals surface area contributed by atoms with Crippen LogP contribution in [0.3, 0.4) is 0 Å². The van der Waals surface area contributed by atoms with Crippen LogP contribution in [-0.4, -0.2) is 11.3 Å². The molecule has 0 unspecified atom stereocenters. The number of halogens is 2. The largest absolute Gasteiger partial charge is 0.435 e. The molecular formula is C12H7BrFNO2. The second-order valence-electron chi connectivity index (χ2n) is 3.19. The van der Waals surface area contributed by atoms with E-state index in [2.05, 4.69) is 20.9 Å². The van der Waals surface area contributed by atoms with Crippen LogP contribution in [0.25, 0.3) is 0 Å². The molecule has 3 nitrogen and oxygen atoms in total. The topological polar surface area (TPSA) is 39.2 Å². The van der Waals surface area contributed by atoms with Gasteiger partial charge in [0.15, 0.2) is 17.9 Å². The Kier molecular flexibility index (Phi) is 3.49. The molecule has 0 fully saturated rings. The molecule has 1 heterocycles. The molecule has 0 spiro atoms. The molecule has 0 radical (unpaired) electrons. The van der Waals surface area contributed by atoms with Gasteiger partial charge in [-0.3, -0.25) is 4.79 Å². The lowest BCUT2D eigenvalue weighted by Crippen LogP contribution is -1.95. The van der Waals surface area contributed by atoms with Crippen LogP contribution in [0.4, 0.5) is 4.39 Å². The zero-order chi connectivity index (χ0) is 12.3. The number of rotatable bonds is 3. The van der Waals surface area contributed by atoms with Gasteiger partial charge in [-0.2, -0.15) is 0 Å². The number of benzene rings is 1. The maximum atomic E-state index is 13.4. The van der Waals surface area contributed by atoms with Crippen molar-refractivity contribution in [3.05, 3.63) is 52.4 Å². The van der Waals surface area contributed by atoms with Crippen LogP contribution in [-0.2, 0) is 0 Å². The van der Waals surface area contributed by atoms with Crippen molar-refractivity contribution in [2.24, 2.45) is 0 Å². The van der Waals surface area contributed by atoms with Gasteiger partial charge in [-0.05, 0) is 30.3 Å². The molecule has 1 aromatic heterocycles. The van der Waals surface area contributed by atoms with Crippen LogP contribution in [0.5, 0.6) is 11.6 Å². The normalized spacial score (nSPS) is 10.0. The summed E-state index contributed by atoms with van der Waals surface area (Å²) >= 11 is 3.21. The Hall–Kier alpha value is -1.75. The van der Waals surface area contributed by atoms with Crippen molar-refractivity contribution in [1.82, 2.24) is 4.98 Å². The lowest BCUT2D eigenvalue weighted by molar-refractivity contribution is 0.112. The quantitative estimate of drug-likeness (QED) is 0.813. The van der Waals surface area contributed by atoms with Crippen LogP contribution < -0.4 is 4.74 Å². The first-order chi connectivity index (χ1) is 8.20. The highest BCUT2D eigenvalue weighted by atomic mass is 79.9. The number of carbonyl (C=O) groups is 1. The minimum atomic E-state index is -0.518. The van der Waals surface area contributed by atoms with Gasteiger partial charge in [0.25, 0.3) is 0 Å². The number of pyridine rings is 1. The fraction of sp³-hybridized carbons (Fsp3) is 0. The minimum Gasteiger partial charge on any atom is -0.435 e. The third kappa shape index (κ3) is 2.68. The number of ether oxygens (including phenoxy) is 1. The van der Waals surface area contributed by atoms with Gasteiger partial charge < -0.3 is 4.74 Å². The summed E-state index contributed by atoms with van der Waals surface area (Å²) in [5, 5.41) is 0. The second-order valence-corrected chi connectivity index (χ2v) is 4.11. The van der Waals surface area contributed by atoms with E-state index in [1.165, 1.54) is 18.3 Å². The van der Waals surface area contributed by atoms with E-state index in [0.29, 0.717) is 10.8 Å². The molecule has 5 heteroatoms. The first kappa shape index (κ1) is 11.7. The van der Waals surface area contributed by atoms with E-state index in [-0.39, 0.29) is 17.2 Å². The predicted octanol–water partition coefficient (Wildman–Crippen LogP) is 3.59. The van der Waals surface area contributed by atoms with Crippen molar-refractivity contribution in [3.8, 4) is 11.6 Å². The van der Waals surface area contributed by atoms with Crippen molar-refractivity contribution >= 4 is 22.2 Å². The summed E-state index contributed by atoms with van der Waals surface area (Å²) < 4.78 is 19.4. The number of aromatic nitrogens is 1. The molecule has 0 bridgehead atoms. The molecule has 17 heavy (non-hydrogen) atoms. The van der Waals surface area contributed by atoms with Gasteiger partial charge in [-0.25, -0.2) is 9.37 Å². The molecule has 1 aromatic carbocycles. The second kappa shape index (κ2) is 5.05. The Morgan fingerprint density at radius 3 is 2.94 bits per heavy atom. The fourth-order valence-corrected chi connectivity index (χ4v) is 1.58. The molecule has 0 N–H and O–H groups in total. The summed E-state index contributed by atoms with van der Waals surface area (Å²) in [5.74, 6) is -0.420. The Morgan fingerprint density at radius 1 is 1.35 bits per heavy atom. The van der Waals surface area contributed by atoms with Crippen molar-refractivity contribution < 1.29 is 13.9 Å². The molecule has 0 saturated heterocycles. The summed E-state index contributed by atoms with van der Waals surface area (Å²) in [6.07, 6.45) is 2.08. The van der Waals surface area contributed by atoms with E-state index >= 15 is 0 Å².